The number of fused-ring (bicyclic) bond motifs is 5. The Morgan fingerprint density at radius 2 is 1.29 bits per heavy atom. The third-order valence-electron chi connectivity index (χ3n) is 16.0. The van der Waals surface area contributed by atoms with Crippen molar-refractivity contribution in [1.29, 1.82) is 0 Å². The highest BCUT2D eigenvalue weighted by molar-refractivity contribution is 6.01. The number of hydroxylamine groups is 2. The Morgan fingerprint density at radius 1 is 0.727 bits per heavy atom. The first-order valence-corrected chi connectivity index (χ1v) is 23.6. The number of imide groups is 1. The van der Waals surface area contributed by atoms with Crippen LogP contribution in [0.4, 0.5) is 4.79 Å². The van der Waals surface area contributed by atoms with E-state index in [-0.39, 0.29) is 30.3 Å². The first kappa shape index (κ1) is 44.0. The van der Waals surface area contributed by atoms with Gasteiger partial charge in [0, 0.05) is 25.8 Å². The van der Waals surface area contributed by atoms with E-state index < -0.39 is 18.0 Å². The zero-order valence-corrected chi connectivity index (χ0v) is 35.7. The van der Waals surface area contributed by atoms with Crippen LogP contribution < -0.4 is 5.32 Å². The fourth-order valence-corrected chi connectivity index (χ4v) is 12.7. The average molecular weight is 769 g/mol. The quantitative estimate of drug-likeness (QED) is 0.0631. The van der Waals surface area contributed by atoms with Crippen molar-refractivity contribution in [3.05, 3.63) is 0 Å². The molecule has 8 nitrogen and oxygen atoms in total. The minimum Gasteiger partial charge on any atom is -0.429 e. The smallest absolute Gasteiger partial charge is 0.429 e. The van der Waals surface area contributed by atoms with Crippen LogP contribution in [-0.2, 0) is 24.0 Å². The molecule has 4 saturated carbocycles. The number of amides is 3. The second kappa shape index (κ2) is 21.6. The molecular weight excluding hydrogens is 689 g/mol. The van der Waals surface area contributed by atoms with Crippen LogP contribution in [-0.4, -0.2) is 41.6 Å². The van der Waals surface area contributed by atoms with Crippen LogP contribution >= 0.6 is 0 Å². The van der Waals surface area contributed by atoms with Gasteiger partial charge in [-0.3, -0.25) is 19.2 Å². The zero-order chi connectivity index (χ0) is 39.3. The third-order valence-corrected chi connectivity index (χ3v) is 16.0. The van der Waals surface area contributed by atoms with E-state index in [4.69, 9.17) is 9.57 Å². The van der Waals surface area contributed by atoms with Gasteiger partial charge in [0.25, 0.3) is 11.8 Å². The summed E-state index contributed by atoms with van der Waals surface area (Å²) in [4.78, 5) is 54.1. The monoisotopic (exact) mass is 769 g/mol. The second-order valence-electron chi connectivity index (χ2n) is 19.5. The van der Waals surface area contributed by atoms with E-state index in [1.165, 1.54) is 135 Å². The maximum atomic E-state index is 12.9. The van der Waals surface area contributed by atoms with Crippen LogP contribution in [0.2, 0.25) is 0 Å². The summed E-state index contributed by atoms with van der Waals surface area (Å²) in [7, 11) is 0. The van der Waals surface area contributed by atoms with Crippen LogP contribution in [0.3, 0.4) is 0 Å². The molecule has 5 rings (SSSR count). The normalized spacial score (nSPS) is 32.1. The summed E-state index contributed by atoms with van der Waals surface area (Å²) in [6, 6.07) is 0. The molecule has 5 fully saturated rings. The maximum absolute atomic E-state index is 12.9. The summed E-state index contributed by atoms with van der Waals surface area (Å²) >= 11 is 0. The predicted octanol–water partition coefficient (Wildman–Crippen LogP) is 12.0. The van der Waals surface area contributed by atoms with Crippen molar-refractivity contribution in [1.82, 2.24) is 10.4 Å². The van der Waals surface area contributed by atoms with Gasteiger partial charge >= 0.3 is 6.16 Å². The van der Waals surface area contributed by atoms with Gasteiger partial charge in [0.15, 0.2) is 0 Å². The maximum Gasteiger partial charge on any atom is 0.534 e. The van der Waals surface area contributed by atoms with Crippen LogP contribution in [0.5, 0.6) is 0 Å². The lowest BCUT2D eigenvalue weighted by atomic mass is 9.44. The van der Waals surface area contributed by atoms with Crippen LogP contribution in [0.15, 0.2) is 0 Å². The van der Waals surface area contributed by atoms with Crippen molar-refractivity contribution in [2.45, 2.75) is 220 Å². The van der Waals surface area contributed by atoms with E-state index in [2.05, 4.69) is 33.0 Å². The Morgan fingerprint density at radius 3 is 1.91 bits per heavy atom. The molecule has 0 spiro atoms. The molecule has 1 aliphatic heterocycles. The van der Waals surface area contributed by atoms with Gasteiger partial charge in [-0.2, -0.15) is 0 Å². The van der Waals surface area contributed by atoms with Gasteiger partial charge in [-0.15, -0.1) is 0 Å². The fourth-order valence-electron chi connectivity index (χ4n) is 12.7. The number of nitrogens with zero attached hydrogens (tertiary/aromatic N) is 1. The number of hydrogen-bond acceptors (Lipinski definition) is 6. The molecule has 1 heterocycles. The van der Waals surface area contributed by atoms with Crippen LogP contribution in [0.1, 0.15) is 214 Å². The molecule has 55 heavy (non-hydrogen) atoms. The summed E-state index contributed by atoms with van der Waals surface area (Å²) in [5, 5.41) is 3.82. The molecule has 3 amide bonds. The van der Waals surface area contributed by atoms with Crippen molar-refractivity contribution in [3.8, 4) is 0 Å². The van der Waals surface area contributed by atoms with Crippen LogP contribution in [0, 0.1) is 46.3 Å². The van der Waals surface area contributed by atoms with Gasteiger partial charge in [0.05, 0.1) is 0 Å². The first-order chi connectivity index (χ1) is 26.6. The number of unbranched alkanes of at least 4 members (excludes halogenated alkanes) is 15. The number of nitrogens with one attached hydrogen (secondary N) is 1. The summed E-state index contributed by atoms with van der Waals surface area (Å²) in [6.07, 6.45) is 32.8. The molecule has 0 aromatic rings. The van der Waals surface area contributed by atoms with Gasteiger partial charge < -0.3 is 10.1 Å². The van der Waals surface area contributed by atoms with E-state index in [0.29, 0.717) is 40.6 Å². The van der Waals surface area contributed by atoms with Gasteiger partial charge in [-0.25, -0.2) is 4.79 Å². The van der Waals surface area contributed by atoms with E-state index in [9.17, 15) is 19.2 Å². The Bertz CT molecular complexity index is 1220. The van der Waals surface area contributed by atoms with Crippen LogP contribution in [0.25, 0.3) is 0 Å². The predicted molar refractivity (Wildman–Crippen MR) is 219 cm³/mol. The molecular formula is C47H80N2O6. The second-order valence-corrected chi connectivity index (χ2v) is 19.5. The number of rotatable bonds is 23. The molecule has 0 radical (unpaired) electrons. The molecule has 8 heteroatoms. The SMILES string of the molecule is CCCCCCCCCCCCCCCCCCNC(=O)CCC(C)C1CCC2C3CCC4CC(OC(=O)ON5C(=O)CCC5=O)CCC4(C)C3CCC12C. The van der Waals surface area contributed by atoms with E-state index in [1.807, 2.05) is 0 Å². The largest absolute Gasteiger partial charge is 0.534 e. The number of carbonyl (C=O) groups is 4. The molecule has 0 bridgehead atoms. The van der Waals surface area contributed by atoms with Gasteiger partial charge in [-0.1, -0.05) is 129 Å². The van der Waals surface area contributed by atoms with E-state index >= 15 is 0 Å². The zero-order valence-electron chi connectivity index (χ0n) is 35.7. The molecule has 1 saturated heterocycles. The molecule has 9 unspecified atom stereocenters. The summed E-state index contributed by atoms with van der Waals surface area (Å²) in [6.45, 7) is 10.7. The highest BCUT2D eigenvalue weighted by Crippen LogP contribution is 2.68. The molecule has 5 aliphatic rings. The molecule has 1 N–H and O–H groups in total. The molecule has 0 aromatic carbocycles. The lowest BCUT2D eigenvalue weighted by Gasteiger charge is -2.61. The lowest BCUT2D eigenvalue weighted by Crippen LogP contribution is -2.54. The highest BCUT2D eigenvalue weighted by atomic mass is 16.8. The minimum atomic E-state index is -0.932. The molecule has 0 aromatic heterocycles. The first-order valence-electron chi connectivity index (χ1n) is 23.6. The summed E-state index contributed by atoms with van der Waals surface area (Å²) in [5.41, 5.74) is 0.616. The Balaban J connectivity index is 0.927. The fraction of sp³-hybridized carbons (Fsp3) is 0.915. The van der Waals surface area contributed by atoms with Crippen molar-refractivity contribution in [3.63, 3.8) is 0 Å². The van der Waals surface area contributed by atoms with Gasteiger partial charge in [0.1, 0.15) is 6.10 Å². The molecule has 314 valence electrons. The van der Waals surface area contributed by atoms with E-state index in [1.54, 1.807) is 0 Å². The summed E-state index contributed by atoms with van der Waals surface area (Å²) < 4.78 is 5.68. The topological polar surface area (TPSA) is 102 Å². The number of ether oxygens (including phenoxy) is 1. The Hall–Kier alpha value is -2.12. The van der Waals surface area contributed by atoms with Crippen molar-refractivity contribution in [2.24, 2.45) is 46.3 Å². The highest BCUT2D eigenvalue weighted by Gasteiger charge is 2.60. The number of carbonyl (C=O) groups excluding carboxylic acids is 4. The molecule has 9 atom stereocenters. The lowest BCUT2D eigenvalue weighted by molar-refractivity contribution is -0.181. The minimum absolute atomic E-state index is 0.0784. The average Bonchev–Trinajstić information content (AvgIpc) is 3.69. The Kier molecular flexibility index (Phi) is 17.3. The van der Waals surface area contributed by atoms with Crippen molar-refractivity contribution >= 4 is 23.9 Å². The standard InChI is InChI=1S/C47H80N2O6/c1-5-6-7-8-9-10-11-12-13-14-15-16-17-18-19-20-33-48-42(50)26-21-35(2)39-24-25-40-38-23-22-36-34-37(54-45(53)55-49-43(51)27-28-44(49)52)29-31-46(36,3)41(38)30-32-47(39,40)4/h35-41H,5-34H2,1-4H3,(H,48,50). The van der Waals surface area contributed by atoms with Crippen molar-refractivity contribution in [2.75, 3.05) is 6.54 Å². The van der Waals surface area contributed by atoms with Gasteiger partial charge in [0.2, 0.25) is 5.91 Å². The Labute approximate surface area is 335 Å². The summed E-state index contributed by atoms with van der Waals surface area (Å²) in [5.74, 6) is 3.29. The van der Waals surface area contributed by atoms with Gasteiger partial charge in [-0.05, 0) is 117 Å². The number of hydrogen-bond donors (Lipinski definition) is 1. The van der Waals surface area contributed by atoms with E-state index in [0.717, 1.165) is 50.5 Å². The third kappa shape index (κ3) is 11.7. The van der Waals surface area contributed by atoms with Crippen molar-refractivity contribution < 1.29 is 28.8 Å². The molecule has 4 aliphatic carbocycles.